The molecule has 1 rings (SSSR count). The molecule has 0 heterocycles. The Bertz CT molecular complexity index is 380. The highest BCUT2D eigenvalue weighted by Gasteiger charge is 2.16. The first-order valence-corrected chi connectivity index (χ1v) is 6.15. The number of ether oxygens (including phenoxy) is 2. The Kier molecular flexibility index (Phi) is 5.56. The van der Waals surface area contributed by atoms with E-state index in [9.17, 15) is 4.39 Å². The van der Waals surface area contributed by atoms with Crippen LogP contribution in [0.15, 0.2) is 18.2 Å². The zero-order valence-corrected chi connectivity index (χ0v) is 11.3. The fraction of sp³-hybridized carbons (Fsp3) is 0.571. The highest BCUT2D eigenvalue weighted by Crippen LogP contribution is 2.20. The Morgan fingerprint density at radius 3 is 2.61 bits per heavy atom. The first kappa shape index (κ1) is 14.9. The van der Waals surface area contributed by atoms with Crippen molar-refractivity contribution < 1.29 is 13.9 Å². The van der Waals surface area contributed by atoms with Crippen molar-refractivity contribution in [2.24, 2.45) is 5.73 Å². The van der Waals surface area contributed by atoms with Gasteiger partial charge >= 0.3 is 0 Å². The molecule has 0 bridgehead atoms. The van der Waals surface area contributed by atoms with Crippen LogP contribution in [0.3, 0.4) is 0 Å². The van der Waals surface area contributed by atoms with Crippen molar-refractivity contribution in [3.8, 4) is 5.75 Å². The quantitative estimate of drug-likeness (QED) is 0.814. The van der Waals surface area contributed by atoms with Gasteiger partial charge in [0.05, 0.1) is 12.2 Å². The average Bonchev–Trinajstić information content (AvgIpc) is 2.32. The second-order valence-corrected chi connectivity index (χ2v) is 4.87. The van der Waals surface area contributed by atoms with Gasteiger partial charge in [-0.3, -0.25) is 0 Å². The summed E-state index contributed by atoms with van der Waals surface area (Å²) in [5.41, 5.74) is 6.06. The van der Waals surface area contributed by atoms with Gasteiger partial charge in [-0.15, -0.1) is 0 Å². The number of hydrogen-bond acceptors (Lipinski definition) is 3. The minimum absolute atomic E-state index is 0.254. The Hall–Kier alpha value is -1.13. The minimum Gasteiger partial charge on any atom is -0.490 e. The largest absolute Gasteiger partial charge is 0.490 e. The second kappa shape index (κ2) is 6.71. The third-order valence-electron chi connectivity index (χ3n) is 2.94. The summed E-state index contributed by atoms with van der Waals surface area (Å²) in [6.45, 7) is 4.88. The zero-order valence-electron chi connectivity index (χ0n) is 11.3. The molecule has 0 atom stereocenters. The summed E-state index contributed by atoms with van der Waals surface area (Å²) in [4.78, 5) is 0. The van der Waals surface area contributed by atoms with Gasteiger partial charge in [0.25, 0.3) is 0 Å². The zero-order chi connectivity index (χ0) is 13.6. The lowest BCUT2D eigenvalue weighted by atomic mass is 10.1. The van der Waals surface area contributed by atoms with E-state index < -0.39 is 0 Å². The molecule has 0 radical (unpaired) electrons. The van der Waals surface area contributed by atoms with Crippen molar-refractivity contribution in [1.29, 1.82) is 0 Å². The predicted octanol–water partition coefficient (Wildman–Crippen LogP) is 2.52. The van der Waals surface area contributed by atoms with E-state index >= 15 is 0 Å². The number of methoxy groups -OCH3 is 1. The lowest BCUT2D eigenvalue weighted by Crippen LogP contribution is -2.25. The van der Waals surface area contributed by atoms with Gasteiger partial charge in [0.2, 0.25) is 0 Å². The van der Waals surface area contributed by atoms with Gasteiger partial charge in [0, 0.05) is 13.5 Å². The van der Waals surface area contributed by atoms with Crippen LogP contribution in [-0.2, 0) is 11.2 Å². The molecular weight excluding hydrogens is 233 g/mol. The van der Waals surface area contributed by atoms with Gasteiger partial charge in [-0.25, -0.2) is 4.39 Å². The molecule has 3 nitrogen and oxygen atoms in total. The molecule has 0 spiro atoms. The lowest BCUT2D eigenvalue weighted by Gasteiger charge is -2.22. The van der Waals surface area contributed by atoms with Crippen molar-refractivity contribution in [2.75, 3.05) is 20.3 Å². The molecular formula is C14H22FNO2. The van der Waals surface area contributed by atoms with Crippen LogP contribution < -0.4 is 10.5 Å². The third-order valence-corrected chi connectivity index (χ3v) is 2.94. The molecule has 2 N–H and O–H groups in total. The van der Waals surface area contributed by atoms with Gasteiger partial charge in [-0.05, 0) is 44.5 Å². The molecule has 0 aromatic heterocycles. The summed E-state index contributed by atoms with van der Waals surface area (Å²) in [7, 11) is 1.65. The average molecular weight is 255 g/mol. The molecule has 0 aliphatic carbocycles. The van der Waals surface area contributed by atoms with Crippen LogP contribution in [0.2, 0.25) is 0 Å². The molecule has 0 aliphatic heterocycles. The molecule has 0 saturated heterocycles. The van der Waals surface area contributed by atoms with Crippen LogP contribution in [0.4, 0.5) is 4.39 Å². The smallest absolute Gasteiger partial charge is 0.165 e. The summed E-state index contributed by atoms with van der Waals surface area (Å²) < 4.78 is 24.4. The fourth-order valence-electron chi connectivity index (χ4n) is 1.49. The molecule has 4 heteroatoms. The Labute approximate surface area is 108 Å². The number of halogens is 1. The maximum Gasteiger partial charge on any atom is 0.165 e. The minimum atomic E-state index is -0.337. The highest BCUT2D eigenvalue weighted by atomic mass is 19.1. The summed E-state index contributed by atoms with van der Waals surface area (Å²) >= 11 is 0. The van der Waals surface area contributed by atoms with Crippen molar-refractivity contribution in [1.82, 2.24) is 0 Å². The fourth-order valence-corrected chi connectivity index (χ4v) is 1.49. The van der Waals surface area contributed by atoms with E-state index in [1.807, 2.05) is 19.9 Å². The second-order valence-electron chi connectivity index (χ2n) is 4.87. The first-order valence-electron chi connectivity index (χ1n) is 6.15. The van der Waals surface area contributed by atoms with Gasteiger partial charge in [-0.1, -0.05) is 6.07 Å². The van der Waals surface area contributed by atoms with E-state index in [0.717, 1.165) is 5.56 Å². The van der Waals surface area contributed by atoms with Crippen molar-refractivity contribution in [3.05, 3.63) is 29.6 Å². The van der Waals surface area contributed by atoms with E-state index in [1.54, 1.807) is 13.2 Å². The standard InChI is InChI=1S/C14H22FNO2/c1-14(2,17-3)7-9-18-13-5-4-11(6-8-16)10-12(13)15/h4-5,10H,6-9,16H2,1-3H3. The van der Waals surface area contributed by atoms with Crippen LogP contribution in [0.1, 0.15) is 25.8 Å². The topological polar surface area (TPSA) is 44.5 Å². The van der Waals surface area contributed by atoms with Crippen molar-refractivity contribution in [2.45, 2.75) is 32.3 Å². The summed E-state index contributed by atoms with van der Waals surface area (Å²) in [6.07, 6.45) is 1.38. The maximum absolute atomic E-state index is 13.7. The molecule has 18 heavy (non-hydrogen) atoms. The monoisotopic (exact) mass is 255 g/mol. The van der Waals surface area contributed by atoms with Gasteiger partial charge in [0.15, 0.2) is 11.6 Å². The Morgan fingerprint density at radius 1 is 1.33 bits per heavy atom. The Morgan fingerprint density at radius 2 is 2.06 bits per heavy atom. The first-order chi connectivity index (χ1) is 8.48. The third kappa shape index (κ3) is 4.63. The molecule has 102 valence electrons. The lowest BCUT2D eigenvalue weighted by molar-refractivity contribution is 0.00513. The van der Waals surface area contributed by atoms with E-state index in [1.165, 1.54) is 6.07 Å². The van der Waals surface area contributed by atoms with Gasteiger partial charge < -0.3 is 15.2 Å². The number of rotatable bonds is 7. The summed E-state index contributed by atoms with van der Waals surface area (Å²) in [5, 5.41) is 0. The normalized spacial score (nSPS) is 11.6. The predicted molar refractivity (Wildman–Crippen MR) is 70.4 cm³/mol. The number of nitrogens with two attached hydrogens (primary N) is 1. The number of hydrogen-bond donors (Lipinski definition) is 1. The molecule has 0 unspecified atom stereocenters. The molecule has 0 amide bonds. The van der Waals surface area contributed by atoms with Gasteiger partial charge in [-0.2, -0.15) is 0 Å². The van der Waals surface area contributed by atoms with Crippen LogP contribution in [0.5, 0.6) is 5.75 Å². The molecule has 1 aromatic carbocycles. The van der Waals surface area contributed by atoms with Crippen molar-refractivity contribution >= 4 is 0 Å². The SMILES string of the molecule is COC(C)(C)CCOc1ccc(CCN)cc1F. The van der Waals surface area contributed by atoms with Crippen LogP contribution in [0.25, 0.3) is 0 Å². The summed E-state index contributed by atoms with van der Waals surface area (Å²) in [6, 6.07) is 4.97. The molecule has 0 saturated carbocycles. The molecule has 1 aromatic rings. The molecule has 0 fully saturated rings. The van der Waals surface area contributed by atoms with Crippen LogP contribution in [-0.4, -0.2) is 25.9 Å². The van der Waals surface area contributed by atoms with Crippen LogP contribution >= 0.6 is 0 Å². The van der Waals surface area contributed by atoms with E-state index in [4.69, 9.17) is 15.2 Å². The van der Waals surface area contributed by atoms with E-state index in [0.29, 0.717) is 26.0 Å². The molecule has 0 aliphatic rings. The van der Waals surface area contributed by atoms with Crippen molar-refractivity contribution in [3.63, 3.8) is 0 Å². The maximum atomic E-state index is 13.7. The highest BCUT2D eigenvalue weighted by molar-refractivity contribution is 5.29. The Balaban J connectivity index is 2.53. The summed E-state index contributed by atoms with van der Waals surface area (Å²) in [5.74, 6) is -0.0566. The van der Waals surface area contributed by atoms with Gasteiger partial charge in [0.1, 0.15) is 0 Å². The van der Waals surface area contributed by atoms with Crippen LogP contribution in [0, 0.1) is 5.82 Å². The van der Waals surface area contributed by atoms with E-state index in [-0.39, 0.29) is 17.2 Å². The van der Waals surface area contributed by atoms with E-state index in [2.05, 4.69) is 0 Å². The number of benzene rings is 1.